The lowest BCUT2D eigenvalue weighted by Gasteiger charge is -2.31. The number of hydrogen-bond donors (Lipinski definition) is 1. The number of fused-ring (bicyclic) bond motifs is 1. The molecule has 0 amide bonds. The molecule has 1 nitrogen and oxygen atoms in total. The number of hydrogen-bond acceptors (Lipinski definition) is 1. The molecule has 0 heterocycles. The number of rotatable bonds is 4. The van der Waals surface area contributed by atoms with Crippen molar-refractivity contribution >= 4 is 0 Å². The zero-order chi connectivity index (χ0) is 12.3. The van der Waals surface area contributed by atoms with Crippen molar-refractivity contribution in [1.29, 1.82) is 0 Å². The number of benzene rings is 1. The van der Waals surface area contributed by atoms with E-state index in [9.17, 15) is 0 Å². The van der Waals surface area contributed by atoms with Gasteiger partial charge in [-0.3, -0.25) is 0 Å². The molecule has 1 aliphatic rings. The maximum atomic E-state index is 4.04. The minimum atomic E-state index is 0.584. The van der Waals surface area contributed by atoms with E-state index in [4.69, 9.17) is 0 Å². The maximum Gasteiger partial charge on any atom is 0.0133 e. The molecule has 0 saturated heterocycles. The van der Waals surface area contributed by atoms with Crippen LogP contribution in [0.25, 0.3) is 0 Å². The number of aryl methyl sites for hydroxylation is 1. The molecule has 0 saturated carbocycles. The first kappa shape index (κ1) is 12.4. The molecule has 0 aromatic heterocycles. The minimum Gasteiger partial charge on any atom is -0.316 e. The van der Waals surface area contributed by atoms with E-state index in [-0.39, 0.29) is 0 Å². The van der Waals surface area contributed by atoms with Gasteiger partial charge in [-0.15, -0.1) is 6.58 Å². The zero-order valence-electron chi connectivity index (χ0n) is 11.0. The molecule has 1 heteroatoms. The van der Waals surface area contributed by atoms with Gasteiger partial charge in [-0.1, -0.05) is 29.8 Å². The van der Waals surface area contributed by atoms with Crippen molar-refractivity contribution in [3.63, 3.8) is 0 Å². The fraction of sp³-hybridized carbons (Fsp3) is 0.500. The van der Waals surface area contributed by atoms with Crippen LogP contribution in [0.4, 0.5) is 0 Å². The first-order chi connectivity index (χ1) is 8.20. The van der Waals surface area contributed by atoms with Crippen LogP contribution < -0.4 is 5.32 Å². The Morgan fingerprint density at radius 1 is 1.41 bits per heavy atom. The van der Waals surface area contributed by atoms with E-state index in [1.54, 1.807) is 11.1 Å². The van der Waals surface area contributed by atoms with Crippen LogP contribution in [0.2, 0.25) is 0 Å². The Kier molecular flexibility index (Phi) is 4.01. The van der Waals surface area contributed by atoms with Crippen LogP contribution in [0.5, 0.6) is 0 Å². The predicted octanol–water partition coefficient (Wildman–Crippen LogP) is 3.35. The molecule has 0 fully saturated rings. The first-order valence-corrected chi connectivity index (χ1v) is 6.59. The summed E-state index contributed by atoms with van der Waals surface area (Å²) in [5, 5.41) is 3.47. The van der Waals surface area contributed by atoms with Crippen LogP contribution in [-0.4, -0.2) is 13.1 Å². The van der Waals surface area contributed by atoms with Gasteiger partial charge in [0.2, 0.25) is 0 Å². The van der Waals surface area contributed by atoms with Gasteiger partial charge in [-0.05, 0) is 56.7 Å². The highest BCUT2D eigenvalue weighted by Crippen LogP contribution is 2.29. The molecule has 2 rings (SSSR count). The Bertz CT molecular complexity index is 394. The molecular weight excluding hydrogens is 206 g/mol. The smallest absolute Gasteiger partial charge is 0.0133 e. The quantitative estimate of drug-likeness (QED) is 0.781. The van der Waals surface area contributed by atoms with Crippen molar-refractivity contribution in [3.8, 4) is 0 Å². The lowest BCUT2D eigenvalue weighted by molar-refractivity contribution is 0.333. The standard InChI is InChI=1S/C16H23N/c1-12(2)10-16(17-3)15-9-8-13-6-4-5-7-14(13)11-15/h4-7,15-17H,1,8-11H2,2-3H3. The summed E-state index contributed by atoms with van der Waals surface area (Å²) in [7, 11) is 2.08. The summed E-state index contributed by atoms with van der Waals surface area (Å²) in [6.45, 7) is 6.17. The third kappa shape index (κ3) is 2.98. The molecule has 92 valence electrons. The molecule has 1 aromatic rings. The van der Waals surface area contributed by atoms with Gasteiger partial charge in [0.25, 0.3) is 0 Å². The molecule has 1 aliphatic carbocycles. The van der Waals surface area contributed by atoms with Gasteiger partial charge in [0, 0.05) is 6.04 Å². The third-order valence-corrected chi connectivity index (χ3v) is 3.89. The highest BCUT2D eigenvalue weighted by Gasteiger charge is 2.24. The average Bonchev–Trinajstić information content (AvgIpc) is 2.35. The SMILES string of the molecule is C=C(C)CC(NC)C1CCc2ccccc2C1. The molecule has 0 aliphatic heterocycles. The van der Waals surface area contributed by atoms with Crippen LogP contribution in [0, 0.1) is 5.92 Å². The predicted molar refractivity (Wildman–Crippen MR) is 74.2 cm³/mol. The van der Waals surface area contributed by atoms with E-state index < -0.39 is 0 Å². The molecule has 17 heavy (non-hydrogen) atoms. The topological polar surface area (TPSA) is 12.0 Å². The van der Waals surface area contributed by atoms with Gasteiger partial charge in [-0.2, -0.15) is 0 Å². The Hall–Kier alpha value is -1.08. The van der Waals surface area contributed by atoms with Crippen molar-refractivity contribution in [2.24, 2.45) is 5.92 Å². The van der Waals surface area contributed by atoms with Crippen LogP contribution in [0.3, 0.4) is 0 Å². The zero-order valence-corrected chi connectivity index (χ0v) is 11.0. The molecule has 2 atom stereocenters. The van der Waals surface area contributed by atoms with Crippen molar-refractivity contribution in [2.45, 2.75) is 38.6 Å². The van der Waals surface area contributed by atoms with Crippen molar-refractivity contribution < 1.29 is 0 Å². The summed E-state index contributed by atoms with van der Waals surface area (Å²) in [5.74, 6) is 0.756. The minimum absolute atomic E-state index is 0.584. The van der Waals surface area contributed by atoms with E-state index in [1.165, 1.54) is 24.8 Å². The summed E-state index contributed by atoms with van der Waals surface area (Å²) in [4.78, 5) is 0. The molecule has 1 N–H and O–H groups in total. The second-order valence-electron chi connectivity index (χ2n) is 5.33. The summed E-state index contributed by atoms with van der Waals surface area (Å²) >= 11 is 0. The van der Waals surface area contributed by atoms with Crippen molar-refractivity contribution in [3.05, 3.63) is 47.5 Å². The van der Waals surface area contributed by atoms with E-state index in [1.807, 2.05) is 0 Å². The molecule has 0 bridgehead atoms. The first-order valence-electron chi connectivity index (χ1n) is 6.59. The summed E-state index contributed by atoms with van der Waals surface area (Å²) < 4.78 is 0. The van der Waals surface area contributed by atoms with Gasteiger partial charge in [-0.25, -0.2) is 0 Å². The van der Waals surface area contributed by atoms with E-state index in [0.717, 1.165) is 12.3 Å². The summed E-state index contributed by atoms with van der Waals surface area (Å²) in [5.41, 5.74) is 4.38. The summed E-state index contributed by atoms with van der Waals surface area (Å²) in [6, 6.07) is 9.46. The van der Waals surface area contributed by atoms with Gasteiger partial charge in [0.15, 0.2) is 0 Å². The molecular formula is C16H23N. The maximum absolute atomic E-state index is 4.04. The second kappa shape index (κ2) is 5.50. The Balaban J connectivity index is 2.08. The van der Waals surface area contributed by atoms with Gasteiger partial charge in [0.1, 0.15) is 0 Å². The Morgan fingerprint density at radius 2 is 2.12 bits per heavy atom. The van der Waals surface area contributed by atoms with Gasteiger partial charge < -0.3 is 5.32 Å². The van der Waals surface area contributed by atoms with Crippen LogP contribution in [-0.2, 0) is 12.8 Å². The molecule has 0 radical (unpaired) electrons. The van der Waals surface area contributed by atoms with Crippen molar-refractivity contribution in [1.82, 2.24) is 5.32 Å². The van der Waals surface area contributed by atoms with Gasteiger partial charge >= 0.3 is 0 Å². The van der Waals surface area contributed by atoms with Crippen LogP contribution >= 0.6 is 0 Å². The van der Waals surface area contributed by atoms with Crippen LogP contribution in [0.15, 0.2) is 36.4 Å². The monoisotopic (exact) mass is 229 g/mol. The fourth-order valence-corrected chi connectivity index (χ4v) is 2.95. The molecule has 0 spiro atoms. The number of nitrogens with one attached hydrogen (secondary N) is 1. The largest absolute Gasteiger partial charge is 0.316 e. The Morgan fingerprint density at radius 3 is 2.76 bits per heavy atom. The van der Waals surface area contributed by atoms with Crippen LogP contribution in [0.1, 0.15) is 30.9 Å². The molecule has 1 aromatic carbocycles. The molecule has 2 unspecified atom stereocenters. The highest BCUT2D eigenvalue weighted by atomic mass is 14.9. The normalized spacial score (nSPS) is 20.7. The van der Waals surface area contributed by atoms with Crippen molar-refractivity contribution in [2.75, 3.05) is 7.05 Å². The van der Waals surface area contributed by atoms with E-state index in [0.29, 0.717) is 6.04 Å². The lowest BCUT2D eigenvalue weighted by Crippen LogP contribution is -2.37. The lowest BCUT2D eigenvalue weighted by atomic mass is 9.78. The fourth-order valence-electron chi connectivity index (χ4n) is 2.95. The summed E-state index contributed by atoms with van der Waals surface area (Å²) in [6.07, 6.45) is 4.85. The third-order valence-electron chi connectivity index (χ3n) is 3.89. The van der Waals surface area contributed by atoms with E-state index >= 15 is 0 Å². The van der Waals surface area contributed by atoms with Gasteiger partial charge in [0.05, 0.1) is 0 Å². The second-order valence-corrected chi connectivity index (χ2v) is 5.33. The highest BCUT2D eigenvalue weighted by molar-refractivity contribution is 5.30. The Labute approximate surface area is 105 Å². The van der Waals surface area contributed by atoms with E-state index in [2.05, 4.69) is 50.1 Å². The average molecular weight is 229 g/mol.